The molecule has 2 aromatic rings. The van der Waals surface area contributed by atoms with Gasteiger partial charge in [-0.2, -0.15) is 0 Å². The van der Waals surface area contributed by atoms with Crippen molar-refractivity contribution < 1.29 is 19.2 Å². The number of hydroxylamine groups is 1. The third-order valence-corrected chi connectivity index (χ3v) is 5.40. The van der Waals surface area contributed by atoms with Crippen LogP contribution in [0.3, 0.4) is 0 Å². The number of para-hydroxylation sites is 1. The zero-order chi connectivity index (χ0) is 20.4. The molecule has 152 valence electrons. The van der Waals surface area contributed by atoms with Gasteiger partial charge < -0.3 is 4.74 Å². The van der Waals surface area contributed by atoms with Crippen molar-refractivity contribution in [2.45, 2.75) is 45.3 Å². The summed E-state index contributed by atoms with van der Waals surface area (Å²) in [6.45, 7) is 4.75. The summed E-state index contributed by atoms with van der Waals surface area (Å²) in [6, 6.07) is 16.6. The molecule has 6 heteroatoms. The molecule has 4 rings (SSSR count). The van der Waals surface area contributed by atoms with Crippen LogP contribution in [0.4, 0.5) is 11.4 Å². The Kier molecular flexibility index (Phi) is 5.53. The number of carbonyl (C=O) groups is 2. The Morgan fingerprint density at radius 2 is 1.62 bits per heavy atom. The lowest BCUT2D eigenvalue weighted by Gasteiger charge is -2.28. The molecule has 0 radical (unpaired) electrons. The Bertz CT molecular complexity index is 868. The molecule has 29 heavy (non-hydrogen) atoms. The normalized spacial score (nSPS) is 23.6. The first-order valence-corrected chi connectivity index (χ1v) is 10.3. The highest BCUT2D eigenvalue weighted by Crippen LogP contribution is 2.41. The number of hydrogen-bond donors (Lipinski definition) is 0. The minimum absolute atomic E-state index is 0.166. The number of hydrogen-bond acceptors (Lipinski definition) is 5. The van der Waals surface area contributed by atoms with Gasteiger partial charge in [0, 0.05) is 0 Å². The number of fused-ring (bicyclic) bond motifs is 1. The predicted octanol–water partition coefficient (Wildman–Crippen LogP) is 3.95. The highest BCUT2D eigenvalue weighted by atomic mass is 16.7. The zero-order valence-electron chi connectivity index (χ0n) is 16.8. The van der Waals surface area contributed by atoms with Gasteiger partial charge in [0.1, 0.15) is 5.75 Å². The monoisotopic (exact) mass is 394 g/mol. The summed E-state index contributed by atoms with van der Waals surface area (Å²) >= 11 is 0. The Morgan fingerprint density at radius 1 is 0.897 bits per heavy atom. The average molecular weight is 394 g/mol. The molecule has 3 atom stereocenters. The molecule has 0 spiro atoms. The van der Waals surface area contributed by atoms with Crippen LogP contribution in [-0.4, -0.2) is 30.6 Å². The summed E-state index contributed by atoms with van der Waals surface area (Å²) in [7, 11) is 0. The first kappa shape index (κ1) is 19.5. The van der Waals surface area contributed by atoms with E-state index in [0.29, 0.717) is 12.3 Å². The third-order valence-electron chi connectivity index (χ3n) is 5.40. The molecule has 2 aliphatic heterocycles. The molecular formula is C23H26N2O4. The minimum atomic E-state index is -0.782. The van der Waals surface area contributed by atoms with Gasteiger partial charge in [0.05, 0.1) is 29.9 Å². The second-order valence-electron chi connectivity index (χ2n) is 7.42. The van der Waals surface area contributed by atoms with Crippen molar-refractivity contribution in [3.05, 3.63) is 54.6 Å². The van der Waals surface area contributed by atoms with Crippen LogP contribution in [0.5, 0.6) is 5.75 Å². The molecule has 2 saturated heterocycles. The second-order valence-corrected chi connectivity index (χ2v) is 7.42. The number of carbonyl (C=O) groups excluding carboxylic acids is 2. The van der Waals surface area contributed by atoms with Crippen LogP contribution in [0.15, 0.2) is 54.6 Å². The van der Waals surface area contributed by atoms with Crippen molar-refractivity contribution in [2.24, 2.45) is 5.92 Å². The van der Waals surface area contributed by atoms with Gasteiger partial charge in [0.2, 0.25) is 5.91 Å². The van der Waals surface area contributed by atoms with E-state index in [1.54, 1.807) is 29.3 Å². The largest absolute Gasteiger partial charge is 0.494 e. The first-order chi connectivity index (χ1) is 14.2. The van der Waals surface area contributed by atoms with Crippen molar-refractivity contribution in [1.82, 2.24) is 0 Å². The van der Waals surface area contributed by atoms with Crippen LogP contribution in [0, 0.1) is 5.92 Å². The summed E-state index contributed by atoms with van der Waals surface area (Å²) in [5, 5.41) is 1.76. The molecule has 2 fully saturated rings. The zero-order valence-corrected chi connectivity index (χ0v) is 16.8. The molecule has 0 saturated carbocycles. The van der Waals surface area contributed by atoms with E-state index in [2.05, 4.69) is 6.92 Å². The summed E-state index contributed by atoms with van der Waals surface area (Å²) in [6.07, 6.45) is 1.80. The lowest BCUT2D eigenvalue weighted by Crippen LogP contribution is -2.40. The fraction of sp³-hybridized carbons (Fsp3) is 0.391. The van der Waals surface area contributed by atoms with Crippen molar-refractivity contribution in [2.75, 3.05) is 16.6 Å². The minimum Gasteiger partial charge on any atom is -0.494 e. The number of rotatable bonds is 7. The standard InChI is InChI=1S/C23H26N2O4/c1-3-8-19-20-21(29-25(19)17-9-6-5-7-10-17)23(27)24(22(20)26)16-11-13-18(14-12-16)28-15-4-2/h5-7,9-14,19-21H,3-4,8,15H2,1-2H3/t19-,20-,21+/m1/s1. The van der Waals surface area contributed by atoms with Gasteiger partial charge in [-0.25, -0.2) is 9.96 Å². The van der Waals surface area contributed by atoms with E-state index in [4.69, 9.17) is 9.57 Å². The smallest absolute Gasteiger partial charge is 0.266 e. The van der Waals surface area contributed by atoms with E-state index < -0.39 is 12.0 Å². The molecule has 6 nitrogen and oxygen atoms in total. The first-order valence-electron chi connectivity index (χ1n) is 10.3. The van der Waals surface area contributed by atoms with Gasteiger partial charge in [-0.05, 0) is 49.2 Å². The molecule has 0 aliphatic carbocycles. The Balaban J connectivity index is 1.59. The Morgan fingerprint density at radius 3 is 2.28 bits per heavy atom. The topological polar surface area (TPSA) is 59.1 Å². The SMILES string of the molecule is CCCOc1ccc(N2C(=O)[C@H]3[C@H](ON(c4ccccc4)[C@@H]3CCC)C2=O)cc1. The summed E-state index contributed by atoms with van der Waals surface area (Å²) < 4.78 is 5.59. The summed E-state index contributed by atoms with van der Waals surface area (Å²) in [5.74, 6) is -0.273. The van der Waals surface area contributed by atoms with Crippen LogP contribution in [0.25, 0.3) is 0 Å². The number of benzene rings is 2. The van der Waals surface area contributed by atoms with Gasteiger partial charge in [0.25, 0.3) is 5.91 Å². The van der Waals surface area contributed by atoms with E-state index in [0.717, 1.165) is 30.7 Å². The van der Waals surface area contributed by atoms with E-state index in [1.807, 2.05) is 37.3 Å². The Hall–Kier alpha value is -2.86. The van der Waals surface area contributed by atoms with Gasteiger partial charge >= 0.3 is 0 Å². The highest BCUT2D eigenvalue weighted by Gasteiger charge is 2.59. The van der Waals surface area contributed by atoms with Crippen molar-refractivity contribution >= 4 is 23.2 Å². The Labute approximate surface area is 171 Å². The third kappa shape index (κ3) is 3.49. The van der Waals surface area contributed by atoms with Crippen LogP contribution in [0.2, 0.25) is 0 Å². The lowest BCUT2D eigenvalue weighted by molar-refractivity contribution is -0.126. The highest BCUT2D eigenvalue weighted by molar-refractivity contribution is 6.23. The fourth-order valence-electron chi connectivity index (χ4n) is 4.08. The molecule has 2 amide bonds. The van der Waals surface area contributed by atoms with Gasteiger partial charge in [0.15, 0.2) is 6.10 Å². The van der Waals surface area contributed by atoms with Gasteiger partial charge in [-0.1, -0.05) is 38.5 Å². The lowest BCUT2D eigenvalue weighted by atomic mass is 9.93. The predicted molar refractivity (Wildman–Crippen MR) is 111 cm³/mol. The molecule has 2 aliphatic rings. The average Bonchev–Trinajstić information content (AvgIpc) is 3.24. The van der Waals surface area contributed by atoms with Crippen molar-refractivity contribution in [1.29, 1.82) is 0 Å². The van der Waals surface area contributed by atoms with Crippen molar-refractivity contribution in [3.8, 4) is 5.75 Å². The van der Waals surface area contributed by atoms with Crippen LogP contribution < -0.4 is 14.7 Å². The van der Waals surface area contributed by atoms with Gasteiger partial charge in [-0.3, -0.25) is 14.4 Å². The molecule has 2 aromatic carbocycles. The quantitative estimate of drug-likeness (QED) is 0.666. The van der Waals surface area contributed by atoms with E-state index >= 15 is 0 Å². The van der Waals surface area contributed by atoms with Crippen LogP contribution in [0.1, 0.15) is 33.1 Å². The van der Waals surface area contributed by atoms with E-state index in [1.165, 1.54) is 4.90 Å². The fourth-order valence-corrected chi connectivity index (χ4v) is 4.08. The molecule has 2 heterocycles. The number of imide groups is 1. The maximum absolute atomic E-state index is 13.3. The molecule has 0 bridgehead atoms. The van der Waals surface area contributed by atoms with E-state index in [-0.39, 0.29) is 17.9 Å². The van der Waals surface area contributed by atoms with Crippen LogP contribution >= 0.6 is 0 Å². The molecular weight excluding hydrogens is 368 g/mol. The molecule has 0 N–H and O–H groups in total. The second kappa shape index (κ2) is 8.25. The van der Waals surface area contributed by atoms with Crippen LogP contribution in [-0.2, 0) is 14.4 Å². The number of amides is 2. The molecule has 0 unspecified atom stereocenters. The summed E-state index contributed by atoms with van der Waals surface area (Å²) in [4.78, 5) is 33.7. The summed E-state index contributed by atoms with van der Waals surface area (Å²) in [5.41, 5.74) is 1.42. The maximum atomic E-state index is 13.3. The molecule has 0 aromatic heterocycles. The van der Waals surface area contributed by atoms with E-state index in [9.17, 15) is 9.59 Å². The van der Waals surface area contributed by atoms with Gasteiger partial charge in [-0.15, -0.1) is 0 Å². The maximum Gasteiger partial charge on any atom is 0.266 e. The number of nitrogens with zero attached hydrogens (tertiary/aromatic N) is 2. The number of anilines is 2. The number of ether oxygens (including phenoxy) is 1. The van der Waals surface area contributed by atoms with Crippen molar-refractivity contribution in [3.63, 3.8) is 0 Å².